The number of amides is 2. The number of primary amides is 1. The van der Waals surface area contributed by atoms with E-state index in [2.05, 4.69) is 10.2 Å². The van der Waals surface area contributed by atoms with Crippen molar-refractivity contribution in [2.45, 2.75) is 31.7 Å². The monoisotopic (exact) mass is 257 g/mol. The molecule has 18 heavy (non-hydrogen) atoms. The summed E-state index contributed by atoms with van der Waals surface area (Å²) in [4.78, 5) is 35.2. The summed E-state index contributed by atoms with van der Waals surface area (Å²) < 4.78 is 0. The Kier molecular flexibility index (Phi) is 5.57. The molecule has 0 bridgehead atoms. The first-order valence-electron chi connectivity index (χ1n) is 6.02. The first kappa shape index (κ1) is 14.4. The van der Waals surface area contributed by atoms with Gasteiger partial charge in [-0.05, 0) is 25.9 Å². The van der Waals surface area contributed by atoms with Crippen LogP contribution in [-0.4, -0.2) is 53.5 Å². The van der Waals surface area contributed by atoms with Gasteiger partial charge < -0.3 is 21.1 Å². The molecule has 0 aromatic rings. The molecule has 1 atom stereocenters. The Balaban J connectivity index is 2.31. The average molecular weight is 257 g/mol. The minimum Gasteiger partial charge on any atom is -0.480 e. The van der Waals surface area contributed by atoms with Crippen molar-refractivity contribution in [2.75, 3.05) is 19.6 Å². The highest BCUT2D eigenvalue weighted by Gasteiger charge is 2.22. The zero-order valence-corrected chi connectivity index (χ0v) is 10.2. The highest BCUT2D eigenvalue weighted by atomic mass is 16.4. The van der Waals surface area contributed by atoms with Gasteiger partial charge in [-0.3, -0.25) is 9.59 Å². The van der Waals surface area contributed by atoms with Crippen LogP contribution in [0.5, 0.6) is 0 Å². The van der Waals surface area contributed by atoms with Crippen LogP contribution in [0.15, 0.2) is 0 Å². The van der Waals surface area contributed by atoms with E-state index in [9.17, 15) is 14.4 Å². The third-order valence-electron chi connectivity index (χ3n) is 2.89. The maximum Gasteiger partial charge on any atom is 0.326 e. The molecule has 102 valence electrons. The predicted octanol–water partition coefficient (Wildman–Crippen LogP) is -1.08. The van der Waals surface area contributed by atoms with Crippen molar-refractivity contribution >= 4 is 17.8 Å². The van der Waals surface area contributed by atoms with Crippen LogP contribution in [0, 0.1) is 0 Å². The molecule has 1 unspecified atom stereocenters. The van der Waals surface area contributed by atoms with Gasteiger partial charge in [0.2, 0.25) is 11.8 Å². The van der Waals surface area contributed by atoms with Gasteiger partial charge in [-0.25, -0.2) is 4.79 Å². The van der Waals surface area contributed by atoms with E-state index >= 15 is 0 Å². The van der Waals surface area contributed by atoms with E-state index in [-0.39, 0.29) is 18.7 Å². The molecule has 0 aliphatic carbocycles. The maximum absolute atomic E-state index is 11.5. The van der Waals surface area contributed by atoms with E-state index in [0.29, 0.717) is 6.54 Å². The van der Waals surface area contributed by atoms with Crippen LogP contribution < -0.4 is 11.1 Å². The number of nitrogens with two attached hydrogens (primary N) is 1. The number of hydrogen-bond acceptors (Lipinski definition) is 4. The summed E-state index contributed by atoms with van der Waals surface area (Å²) in [7, 11) is 0. The number of nitrogens with one attached hydrogen (secondary N) is 1. The fourth-order valence-electron chi connectivity index (χ4n) is 1.93. The minimum atomic E-state index is -1.25. The Morgan fingerprint density at radius 3 is 2.39 bits per heavy atom. The first-order chi connectivity index (χ1) is 8.49. The van der Waals surface area contributed by atoms with Crippen molar-refractivity contribution in [1.82, 2.24) is 10.2 Å². The molecule has 1 fully saturated rings. The molecule has 4 N–H and O–H groups in total. The third-order valence-corrected chi connectivity index (χ3v) is 2.89. The van der Waals surface area contributed by atoms with Crippen LogP contribution in [0.4, 0.5) is 0 Å². The summed E-state index contributed by atoms with van der Waals surface area (Å²) in [5, 5.41) is 11.1. The molecule has 0 spiro atoms. The van der Waals surface area contributed by atoms with E-state index in [4.69, 9.17) is 10.8 Å². The van der Waals surface area contributed by atoms with Crippen LogP contribution in [-0.2, 0) is 14.4 Å². The SMILES string of the molecule is NC(=O)CC(NC(=O)CCN1CCCC1)C(=O)O. The second-order valence-electron chi connectivity index (χ2n) is 4.43. The number of carbonyl (C=O) groups excluding carboxylic acids is 2. The molecule has 0 radical (unpaired) electrons. The van der Waals surface area contributed by atoms with Crippen molar-refractivity contribution in [3.63, 3.8) is 0 Å². The molecule has 1 rings (SSSR count). The lowest BCUT2D eigenvalue weighted by Crippen LogP contribution is -2.44. The van der Waals surface area contributed by atoms with E-state index in [1.165, 1.54) is 0 Å². The summed E-state index contributed by atoms with van der Waals surface area (Å²) in [6.45, 7) is 2.59. The molecule has 1 aliphatic heterocycles. The van der Waals surface area contributed by atoms with Crippen LogP contribution in [0.1, 0.15) is 25.7 Å². The van der Waals surface area contributed by atoms with Gasteiger partial charge in [-0.2, -0.15) is 0 Å². The molecule has 7 heteroatoms. The molecule has 1 saturated heterocycles. The van der Waals surface area contributed by atoms with Gasteiger partial charge in [0.25, 0.3) is 0 Å². The highest BCUT2D eigenvalue weighted by molar-refractivity contribution is 5.88. The van der Waals surface area contributed by atoms with Gasteiger partial charge in [0.1, 0.15) is 6.04 Å². The molecular weight excluding hydrogens is 238 g/mol. The Labute approximate surface area is 105 Å². The number of likely N-dealkylation sites (tertiary alicyclic amines) is 1. The minimum absolute atomic E-state index is 0.239. The van der Waals surface area contributed by atoms with Crippen LogP contribution in [0.2, 0.25) is 0 Å². The van der Waals surface area contributed by atoms with Crippen molar-refractivity contribution in [3.8, 4) is 0 Å². The Morgan fingerprint density at radius 2 is 1.89 bits per heavy atom. The van der Waals surface area contributed by atoms with Crippen molar-refractivity contribution in [1.29, 1.82) is 0 Å². The second-order valence-corrected chi connectivity index (χ2v) is 4.43. The van der Waals surface area contributed by atoms with Crippen molar-refractivity contribution in [2.24, 2.45) is 5.73 Å². The number of rotatable bonds is 7. The highest BCUT2D eigenvalue weighted by Crippen LogP contribution is 2.07. The van der Waals surface area contributed by atoms with Crippen molar-refractivity contribution < 1.29 is 19.5 Å². The lowest BCUT2D eigenvalue weighted by molar-refractivity contribution is -0.143. The van der Waals surface area contributed by atoms with Gasteiger partial charge >= 0.3 is 5.97 Å². The molecule has 0 aromatic carbocycles. The van der Waals surface area contributed by atoms with Gasteiger partial charge in [0, 0.05) is 13.0 Å². The lowest BCUT2D eigenvalue weighted by atomic mass is 10.2. The lowest BCUT2D eigenvalue weighted by Gasteiger charge is -2.16. The van der Waals surface area contributed by atoms with E-state index in [0.717, 1.165) is 25.9 Å². The third kappa shape index (κ3) is 5.13. The van der Waals surface area contributed by atoms with Crippen LogP contribution in [0.3, 0.4) is 0 Å². The normalized spacial score (nSPS) is 17.3. The Bertz CT molecular complexity index is 326. The number of hydrogen-bond donors (Lipinski definition) is 3. The Hall–Kier alpha value is -1.63. The largest absolute Gasteiger partial charge is 0.480 e. The van der Waals surface area contributed by atoms with E-state index in [1.54, 1.807) is 0 Å². The topological polar surface area (TPSA) is 113 Å². The van der Waals surface area contributed by atoms with Gasteiger partial charge in [-0.15, -0.1) is 0 Å². The fourth-order valence-corrected chi connectivity index (χ4v) is 1.93. The standard InChI is InChI=1S/C11H19N3O4/c12-9(15)7-8(11(17)18)13-10(16)3-6-14-4-1-2-5-14/h8H,1-7H2,(H2,12,15)(H,13,16)(H,17,18). The van der Waals surface area contributed by atoms with Crippen LogP contribution in [0.25, 0.3) is 0 Å². The van der Waals surface area contributed by atoms with Gasteiger partial charge in [0.05, 0.1) is 6.42 Å². The fraction of sp³-hybridized carbons (Fsp3) is 0.727. The number of aliphatic carboxylic acids is 1. The molecule has 0 saturated carbocycles. The average Bonchev–Trinajstić information content (AvgIpc) is 2.77. The first-order valence-corrected chi connectivity index (χ1v) is 6.02. The van der Waals surface area contributed by atoms with E-state index < -0.39 is 17.9 Å². The zero-order chi connectivity index (χ0) is 13.5. The predicted molar refractivity (Wildman–Crippen MR) is 63.7 cm³/mol. The van der Waals surface area contributed by atoms with E-state index in [1.807, 2.05) is 0 Å². The van der Waals surface area contributed by atoms with Crippen LogP contribution >= 0.6 is 0 Å². The van der Waals surface area contributed by atoms with Gasteiger partial charge in [-0.1, -0.05) is 0 Å². The Morgan fingerprint density at radius 1 is 1.28 bits per heavy atom. The summed E-state index contributed by atoms with van der Waals surface area (Å²) in [6.07, 6.45) is 2.13. The summed E-state index contributed by atoms with van der Waals surface area (Å²) in [5.41, 5.74) is 4.92. The smallest absolute Gasteiger partial charge is 0.326 e. The number of carbonyl (C=O) groups is 3. The maximum atomic E-state index is 11.5. The van der Waals surface area contributed by atoms with Crippen molar-refractivity contribution in [3.05, 3.63) is 0 Å². The molecular formula is C11H19N3O4. The summed E-state index contributed by atoms with van der Waals surface area (Å²) >= 11 is 0. The summed E-state index contributed by atoms with van der Waals surface area (Å²) in [5.74, 6) is -2.36. The molecule has 7 nitrogen and oxygen atoms in total. The molecule has 2 amide bonds. The number of carboxylic acid groups (broad SMARTS) is 1. The second kappa shape index (κ2) is 6.95. The summed E-state index contributed by atoms with van der Waals surface area (Å²) in [6, 6.07) is -1.23. The number of nitrogens with zero attached hydrogens (tertiary/aromatic N) is 1. The van der Waals surface area contributed by atoms with Gasteiger partial charge in [0.15, 0.2) is 0 Å². The number of carboxylic acids is 1. The molecule has 1 heterocycles. The zero-order valence-electron chi connectivity index (χ0n) is 10.2. The molecule has 0 aromatic heterocycles. The molecule has 1 aliphatic rings. The quantitative estimate of drug-likeness (QED) is 0.537.